The Labute approximate surface area is 127 Å². The van der Waals surface area contributed by atoms with Gasteiger partial charge in [0.1, 0.15) is 12.4 Å². The average molecular weight is 293 g/mol. The van der Waals surface area contributed by atoms with Crippen LogP contribution in [0.5, 0.6) is 5.75 Å². The van der Waals surface area contributed by atoms with E-state index in [9.17, 15) is 4.79 Å². The van der Waals surface area contributed by atoms with E-state index in [0.717, 1.165) is 6.54 Å². The number of hydrogen-bond acceptors (Lipinski definition) is 4. The first-order valence-corrected chi connectivity index (χ1v) is 7.37. The number of nitrogens with zero attached hydrogens (tertiary/aromatic N) is 1. The molecule has 0 aliphatic rings. The molecule has 0 saturated carbocycles. The molecule has 0 aliphatic carbocycles. The largest absolute Gasteiger partial charge is 0.491 e. The zero-order chi connectivity index (χ0) is 16.0. The van der Waals surface area contributed by atoms with E-state index < -0.39 is 0 Å². The number of hydrogen-bond donors (Lipinski definition) is 2. The second-order valence-corrected chi connectivity index (χ2v) is 5.61. The number of carbonyl (C=O) groups excluding carboxylic acids is 1. The molecule has 0 heterocycles. The molecule has 5 heteroatoms. The van der Waals surface area contributed by atoms with Crippen LogP contribution in [0.4, 0.5) is 5.69 Å². The molecule has 0 spiro atoms. The summed E-state index contributed by atoms with van der Waals surface area (Å²) in [5, 5.41) is 2.61. The van der Waals surface area contributed by atoms with Gasteiger partial charge in [-0.3, -0.25) is 9.69 Å². The van der Waals surface area contributed by atoms with Gasteiger partial charge in [-0.05, 0) is 39.8 Å². The summed E-state index contributed by atoms with van der Waals surface area (Å²) in [5.74, 6) is 0.358. The minimum Gasteiger partial charge on any atom is -0.491 e. The minimum absolute atomic E-state index is 0.172. The van der Waals surface area contributed by atoms with Crippen LogP contribution in [-0.2, 0) is 0 Å². The molecule has 0 bridgehead atoms. The van der Waals surface area contributed by atoms with E-state index in [0.29, 0.717) is 35.7 Å². The first-order chi connectivity index (χ1) is 9.86. The number of nitrogens with one attached hydrogen (secondary N) is 1. The molecule has 118 valence electrons. The van der Waals surface area contributed by atoms with Gasteiger partial charge in [0, 0.05) is 37.4 Å². The molecule has 1 aromatic carbocycles. The molecule has 1 amide bonds. The molecular weight excluding hydrogens is 266 g/mol. The molecule has 0 atom stereocenters. The van der Waals surface area contributed by atoms with Gasteiger partial charge in [-0.15, -0.1) is 0 Å². The summed E-state index contributed by atoms with van der Waals surface area (Å²) in [6.45, 7) is 9.97. The maximum absolute atomic E-state index is 11.8. The van der Waals surface area contributed by atoms with Crippen molar-refractivity contribution in [1.29, 1.82) is 0 Å². The van der Waals surface area contributed by atoms with Crippen molar-refractivity contribution in [3.05, 3.63) is 23.8 Å². The van der Waals surface area contributed by atoms with Gasteiger partial charge in [0.2, 0.25) is 0 Å². The van der Waals surface area contributed by atoms with Gasteiger partial charge in [0.25, 0.3) is 5.91 Å². The van der Waals surface area contributed by atoms with Crippen molar-refractivity contribution in [3.63, 3.8) is 0 Å². The van der Waals surface area contributed by atoms with Crippen molar-refractivity contribution < 1.29 is 9.53 Å². The Hall–Kier alpha value is -1.75. The lowest BCUT2D eigenvalue weighted by atomic mass is 10.1. The first-order valence-electron chi connectivity index (χ1n) is 7.37. The molecule has 0 radical (unpaired) electrons. The van der Waals surface area contributed by atoms with Gasteiger partial charge in [-0.2, -0.15) is 0 Å². The van der Waals surface area contributed by atoms with Gasteiger partial charge in [0.15, 0.2) is 0 Å². The third-order valence-corrected chi connectivity index (χ3v) is 3.41. The second-order valence-electron chi connectivity index (χ2n) is 5.61. The van der Waals surface area contributed by atoms with Gasteiger partial charge in [-0.25, -0.2) is 0 Å². The molecule has 0 fully saturated rings. The molecule has 0 aliphatic heterocycles. The highest BCUT2D eigenvalue weighted by molar-refractivity contribution is 5.97. The Kier molecular flexibility index (Phi) is 6.49. The van der Waals surface area contributed by atoms with Crippen LogP contribution in [0.25, 0.3) is 0 Å². The fourth-order valence-corrected chi connectivity index (χ4v) is 2.35. The maximum atomic E-state index is 11.8. The van der Waals surface area contributed by atoms with Crippen LogP contribution in [0.2, 0.25) is 0 Å². The predicted octanol–water partition coefficient (Wildman–Crippen LogP) is 2.13. The zero-order valence-electron chi connectivity index (χ0n) is 13.6. The monoisotopic (exact) mass is 293 g/mol. The van der Waals surface area contributed by atoms with E-state index in [1.165, 1.54) is 0 Å². The lowest BCUT2D eigenvalue weighted by Gasteiger charge is -2.30. The van der Waals surface area contributed by atoms with E-state index in [-0.39, 0.29) is 5.91 Å². The van der Waals surface area contributed by atoms with Crippen LogP contribution in [0.3, 0.4) is 0 Å². The van der Waals surface area contributed by atoms with Gasteiger partial charge in [-0.1, -0.05) is 0 Å². The lowest BCUT2D eigenvalue weighted by Crippen LogP contribution is -2.39. The minimum atomic E-state index is -0.172. The SMILES string of the molecule is CNC(=O)c1ccc(N)cc1OCCN(C(C)C)C(C)C. The summed E-state index contributed by atoms with van der Waals surface area (Å²) in [6, 6.07) is 5.98. The fourth-order valence-electron chi connectivity index (χ4n) is 2.35. The molecule has 1 aromatic rings. The number of nitrogen functional groups attached to an aromatic ring is 1. The van der Waals surface area contributed by atoms with E-state index >= 15 is 0 Å². The summed E-state index contributed by atoms with van der Waals surface area (Å²) < 4.78 is 5.79. The zero-order valence-corrected chi connectivity index (χ0v) is 13.6. The van der Waals surface area contributed by atoms with E-state index in [2.05, 4.69) is 37.9 Å². The van der Waals surface area contributed by atoms with Gasteiger partial charge >= 0.3 is 0 Å². The highest BCUT2D eigenvalue weighted by Gasteiger charge is 2.15. The Morgan fingerprint density at radius 2 is 1.90 bits per heavy atom. The number of anilines is 1. The van der Waals surface area contributed by atoms with Crippen LogP contribution >= 0.6 is 0 Å². The maximum Gasteiger partial charge on any atom is 0.254 e. The number of benzene rings is 1. The van der Waals surface area contributed by atoms with Crippen molar-refractivity contribution in [1.82, 2.24) is 10.2 Å². The fraction of sp³-hybridized carbons (Fsp3) is 0.562. The second kappa shape index (κ2) is 7.88. The summed E-state index contributed by atoms with van der Waals surface area (Å²) >= 11 is 0. The summed E-state index contributed by atoms with van der Waals surface area (Å²) in [4.78, 5) is 14.2. The van der Waals surface area contributed by atoms with E-state index in [4.69, 9.17) is 10.5 Å². The Balaban J connectivity index is 2.74. The van der Waals surface area contributed by atoms with E-state index in [1.807, 2.05) is 0 Å². The van der Waals surface area contributed by atoms with Crippen molar-refractivity contribution in [2.45, 2.75) is 39.8 Å². The van der Waals surface area contributed by atoms with Gasteiger partial charge in [0.05, 0.1) is 5.56 Å². The van der Waals surface area contributed by atoms with Crippen molar-refractivity contribution in [2.75, 3.05) is 25.9 Å². The Morgan fingerprint density at radius 3 is 2.43 bits per heavy atom. The van der Waals surface area contributed by atoms with Gasteiger partial charge < -0.3 is 15.8 Å². The summed E-state index contributed by atoms with van der Waals surface area (Å²) in [7, 11) is 1.60. The average Bonchev–Trinajstić information content (AvgIpc) is 2.42. The van der Waals surface area contributed by atoms with E-state index in [1.54, 1.807) is 25.2 Å². The first kappa shape index (κ1) is 17.3. The molecule has 3 N–H and O–H groups in total. The molecule has 1 rings (SSSR count). The van der Waals surface area contributed by atoms with Crippen LogP contribution in [0, 0.1) is 0 Å². The number of ether oxygens (including phenoxy) is 1. The molecule has 0 unspecified atom stereocenters. The predicted molar refractivity (Wildman–Crippen MR) is 86.7 cm³/mol. The quantitative estimate of drug-likeness (QED) is 0.756. The number of carbonyl (C=O) groups is 1. The summed E-state index contributed by atoms with van der Waals surface area (Å²) in [6.07, 6.45) is 0. The summed E-state index contributed by atoms with van der Waals surface area (Å²) in [5.41, 5.74) is 6.87. The molecule has 5 nitrogen and oxygen atoms in total. The molecule has 0 saturated heterocycles. The molecule has 21 heavy (non-hydrogen) atoms. The van der Waals surface area contributed by atoms with Crippen molar-refractivity contribution in [3.8, 4) is 5.75 Å². The highest BCUT2D eigenvalue weighted by Crippen LogP contribution is 2.22. The lowest BCUT2D eigenvalue weighted by molar-refractivity contribution is 0.0956. The topological polar surface area (TPSA) is 67.6 Å². The number of amides is 1. The molecular formula is C16H27N3O2. The molecule has 0 aromatic heterocycles. The normalized spacial score (nSPS) is 11.2. The van der Waals surface area contributed by atoms with Crippen LogP contribution in [0.15, 0.2) is 18.2 Å². The van der Waals surface area contributed by atoms with Crippen LogP contribution < -0.4 is 15.8 Å². The third-order valence-electron chi connectivity index (χ3n) is 3.41. The number of rotatable bonds is 7. The van der Waals surface area contributed by atoms with Crippen molar-refractivity contribution >= 4 is 11.6 Å². The smallest absolute Gasteiger partial charge is 0.254 e. The third kappa shape index (κ3) is 4.93. The Morgan fingerprint density at radius 1 is 1.29 bits per heavy atom. The van der Waals surface area contributed by atoms with Crippen molar-refractivity contribution in [2.24, 2.45) is 0 Å². The highest BCUT2D eigenvalue weighted by atomic mass is 16.5. The standard InChI is InChI=1S/C16H27N3O2/c1-11(2)19(12(3)4)8-9-21-15-10-13(17)6-7-14(15)16(20)18-5/h6-7,10-12H,8-9,17H2,1-5H3,(H,18,20). The van der Waals surface area contributed by atoms with Crippen LogP contribution in [0.1, 0.15) is 38.1 Å². The Bertz CT molecular complexity index is 465. The van der Waals surface area contributed by atoms with Crippen LogP contribution in [-0.4, -0.2) is 43.1 Å². The number of nitrogens with two attached hydrogens (primary N) is 1.